The molecule has 2 fully saturated rings. The van der Waals surface area contributed by atoms with Gasteiger partial charge in [-0.1, -0.05) is 0 Å². The number of nitrogens with zero attached hydrogens (tertiary/aromatic N) is 4. The van der Waals surface area contributed by atoms with Gasteiger partial charge >= 0.3 is 0 Å². The molecular formula is C14H22IN5. The third-order valence-electron chi connectivity index (χ3n) is 3.96. The molecule has 2 aliphatic rings. The number of hydrogen-bond donors (Lipinski definition) is 1. The molecule has 1 aromatic heterocycles. The summed E-state index contributed by atoms with van der Waals surface area (Å²) in [5.74, 6) is 2.59. The van der Waals surface area contributed by atoms with Gasteiger partial charge in [0.05, 0.1) is 9.26 Å². The van der Waals surface area contributed by atoms with E-state index in [1.54, 1.807) is 0 Å². The first-order valence-electron chi connectivity index (χ1n) is 7.43. The maximum absolute atomic E-state index is 4.87. The molecule has 0 radical (unpaired) electrons. The Morgan fingerprint density at radius 1 is 1.20 bits per heavy atom. The molecule has 6 heteroatoms. The lowest BCUT2D eigenvalue weighted by atomic mass is 10.2. The van der Waals surface area contributed by atoms with Gasteiger partial charge in [-0.2, -0.15) is 4.98 Å². The zero-order valence-electron chi connectivity index (χ0n) is 12.2. The average molecular weight is 387 g/mol. The Morgan fingerprint density at radius 2 is 1.90 bits per heavy atom. The highest BCUT2D eigenvalue weighted by molar-refractivity contribution is 14.1. The highest BCUT2D eigenvalue weighted by Gasteiger charge is 2.30. The van der Waals surface area contributed by atoms with Crippen molar-refractivity contribution in [2.24, 2.45) is 0 Å². The van der Waals surface area contributed by atoms with Crippen LogP contribution in [0.5, 0.6) is 0 Å². The van der Waals surface area contributed by atoms with Crippen molar-refractivity contribution in [3.8, 4) is 0 Å². The highest BCUT2D eigenvalue weighted by atomic mass is 127. The van der Waals surface area contributed by atoms with Crippen LogP contribution in [0.3, 0.4) is 0 Å². The van der Waals surface area contributed by atoms with Crippen molar-refractivity contribution >= 4 is 34.4 Å². The van der Waals surface area contributed by atoms with E-state index in [4.69, 9.17) is 9.97 Å². The van der Waals surface area contributed by atoms with E-state index in [9.17, 15) is 0 Å². The van der Waals surface area contributed by atoms with Crippen LogP contribution < -0.4 is 10.2 Å². The summed E-state index contributed by atoms with van der Waals surface area (Å²) < 4.78 is 1.21. The summed E-state index contributed by atoms with van der Waals surface area (Å²) in [6.07, 6.45) is 2.56. The Balaban J connectivity index is 1.89. The van der Waals surface area contributed by atoms with Crippen molar-refractivity contribution in [2.45, 2.75) is 25.7 Å². The number of likely N-dealkylation sites (N-methyl/N-ethyl adjacent to an activating group) is 1. The van der Waals surface area contributed by atoms with Crippen LogP contribution >= 0.6 is 22.6 Å². The van der Waals surface area contributed by atoms with Gasteiger partial charge in [0.1, 0.15) is 5.82 Å². The zero-order valence-corrected chi connectivity index (χ0v) is 14.4. The summed E-state index contributed by atoms with van der Waals surface area (Å²) in [4.78, 5) is 14.3. The smallest absolute Gasteiger partial charge is 0.227 e. The van der Waals surface area contributed by atoms with E-state index >= 15 is 0 Å². The molecule has 0 spiro atoms. The molecule has 20 heavy (non-hydrogen) atoms. The van der Waals surface area contributed by atoms with Crippen LogP contribution in [0.25, 0.3) is 0 Å². The van der Waals surface area contributed by atoms with Crippen molar-refractivity contribution in [1.29, 1.82) is 0 Å². The number of hydrogen-bond acceptors (Lipinski definition) is 5. The first kappa shape index (κ1) is 14.3. The van der Waals surface area contributed by atoms with Crippen molar-refractivity contribution < 1.29 is 0 Å². The van der Waals surface area contributed by atoms with E-state index < -0.39 is 0 Å². The number of piperazine rings is 1. The summed E-state index contributed by atoms with van der Waals surface area (Å²) >= 11 is 2.40. The maximum Gasteiger partial charge on any atom is 0.227 e. The lowest BCUT2D eigenvalue weighted by Crippen LogP contribution is -2.45. The van der Waals surface area contributed by atoms with Crippen LogP contribution in [0.2, 0.25) is 0 Å². The standard InChI is InChI=1S/C14H22IN5/c1-3-16-13-11(15)12(10-4-5-10)17-14(18-13)20-8-6-19(2)7-9-20/h10H,3-9H2,1-2H3,(H,16,17,18). The van der Waals surface area contributed by atoms with Gasteiger partial charge in [-0.05, 0) is 49.4 Å². The number of aromatic nitrogens is 2. The topological polar surface area (TPSA) is 44.3 Å². The number of nitrogens with one attached hydrogen (secondary N) is 1. The molecule has 0 atom stereocenters. The van der Waals surface area contributed by atoms with Crippen LogP contribution in [-0.4, -0.2) is 54.6 Å². The predicted octanol–water partition coefficient (Wildman–Crippen LogP) is 2.14. The second-order valence-corrected chi connectivity index (χ2v) is 6.75. The van der Waals surface area contributed by atoms with E-state index in [2.05, 4.69) is 51.7 Å². The second kappa shape index (κ2) is 6.01. The molecule has 5 nitrogen and oxygen atoms in total. The van der Waals surface area contributed by atoms with Crippen LogP contribution in [0.4, 0.5) is 11.8 Å². The molecule has 3 rings (SSSR count). The lowest BCUT2D eigenvalue weighted by molar-refractivity contribution is 0.311. The second-order valence-electron chi connectivity index (χ2n) is 5.67. The first-order chi connectivity index (χ1) is 9.69. The summed E-state index contributed by atoms with van der Waals surface area (Å²) in [5, 5.41) is 3.39. The fourth-order valence-corrected chi connectivity index (χ4v) is 3.38. The fourth-order valence-electron chi connectivity index (χ4n) is 2.51. The molecule has 1 saturated heterocycles. The minimum absolute atomic E-state index is 0.661. The van der Waals surface area contributed by atoms with E-state index in [0.29, 0.717) is 5.92 Å². The van der Waals surface area contributed by atoms with Gasteiger partial charge < -0.3 is 15.1 Å². The van der Waals surface area contributed by atoms with E-state index in [1.807, 2.05) is 0 Å². The largest absolute Gasteiger partial charge is 0.369 e. The van der Waals surface area contributed by atoms with Crippen LogP contribution in [0, 0.1) is 3.57 Å². The first-order valence-corrected chi connectivity index (χ1v) is 8.51. The Labute approximate surface area is 134 Å². The monoisotopic (exact) mass is 387 g/mol. The van der Waals surface area contributed by atoms with Crippen molar-refractivity contribution in [3.05, 3.63) is 9.26 Å². The van der Waals surface area contributed by atoms with Crippen molar-refractivity contribution in [2.75, 3.05) is 50.0 Å². The van der Waals surface area contributed by atoms with Gasteiger partial charge in [-0.3, -0.25) is 0 Å². The Kier molecular flexibility index (Phi) is 4.30. The average Bonchev–Trinajstić information content (AvgIpc) is 3.27. The van der Waals surface area contributed by atoms with Crippen molar-refractivity contribution in [1.82, 2.24) is 14.9 Å². The maximum atomic E-state index is 4.87. The third kappa shape index (κ3) is 3.00. The van der Waals surface area contributed by atoms with Gasteiger partial charge in [0.25, 0.3) is 0 Å². The number of anilines is 2. The molecule has 1 aliphatic heterocycles. The zero-order chi connectivity index (χ0) is 14.1. The van der Waals surface area contributed by atoms with Gasteiger partial charge in [0.15, 0.2) is 0 Å². The van der Waals surface area contributed by atoms with Gasteiger partial charge in [0.2, 0.25) is 5.95 Å². The molecule has 1 saturated carbocycles. The molecule has 1 aromatic rings. The summed E-state index contributed by atoms with van der Waals surface area (Å²) in [7, 11) is 2.17. The van der Waals surface area contributed by atoms with Gasteiger partial charge in [-0.15, -0.1) is 0 Å². The minimum atomic E-state index is 0.661. The summed E-state index contributed by atoms with van der Waals surface area (Å²) in [5.41, 5.74) is 1.26. The van der Waals surface area contributed by atoms with E-state index in [-0.39, 0.29) is 0 Å². The SMILES string of the molecule is CCNc1nc(N2CCN(C)CC2)nc(C2CC2)c1I. The van der Waals surface area contributed by atoms with E-state index in [0.717, 1.165) is 44.5 Å². The number of halogens is 1. The molecule has 1 aliphatic carbocycles. The Hall–Kier alpha value is -0.630. The Morgan fingerprint density at radius 3 is 2.50 bits per heavy atom. The molecule has 0 unspecified atom stereocenters. The predicted molar refractivity (Wildman–Crippen MR) is 90.6 cm³/mol. The molecule has 0 aromatic carbocycles. The Bertz CT molecular complexity index is 481. The molecule has 0 amide bonds. The fraction of sp³-hybridized carbons (Fsp3) is 0.714. The molecule has 2 heterocycles. The van der Waals surface area contributed by atoms with Crippen LogP contribution in [-0.2, 0) is 0 Å². The van der Waals surface area contributed by atoms with Crippen LogP contribution in [0.1, 0.15) is 31.4 Å². The molecule has 0 bridgehead atoms. The summed E-state index contributed by atoms with van der Waals surface area (Å²) in [6, 6.07) is 0. The third-order valence-corrected chi connectivity index (χ3v) is 5.02. The molecule has 110 valence electrons. The highest BCUT2D eigenvalue weighted by Crippen LogP contribution is 2.42. The minimum Gasteiger partial charge on any atom is -0.369 e. The molecular weight excluding hydrogens is 365 g/mol. The number of rotatable bonds is 4. The molecule has 1 N–H and O–H groups in total. The normalized spacial score (nSPS) is 20.2. The summed E-state index contributed by atoms with van der Waals surface area (Å²) in [6.45, 7) is 7.23. The van der Waals surface area contributed by atoms with Crippen molar-refractivity contribution in [3.63, 3.8) is 0 Å². The lowest BCUT2D eigenvalue weighted by Gasteiger charge is -2.32. The quantitative estimate of drug-likeness (QED) is 0.803. The van der Waals surface area contributed by atoms with Crippen LogP contribution in [0.15, 0.2) is 0 Å². The van der Waals surface area contributed by atoms with Gasteiger partial charge in [-0.25, -0.2) is 4.98 Å². The van der Waals surface area contributed by atoms with Gasteiger partial charge in [0, 0.05) is 38.6 Å². The van der Waals surface area contributed by atoms with E-state index in [1.165, 1.54) is 22.1 Å².